The lowest BCUT2D eigenvalue weighted by Crippen LogP contribution is -2.12. The molecule has 0 aliphatic heterocycles. The lowest BCUT2D eigenvalue weighted by atomic mass is 10.2. The van der Waals surface area contributed by atoms with Crippen LogP contribution >= 0.6 is 15.9 Å². The maximum absolute atomic E-state index is 5.39. The molecule has 2 aromatic rings. The Kier molecular flexibility index (Phi) is 3.46. The van der Waals surface area contributed by atoms with Crippen LogP contribution in [0.3, 0.4) is 0 Å². The molecule has 2 heterocycles. The van der Waals surface area contributed by atoms with Crippen LogP contribution in [-0.2, 0) is 20.1 Å². The van der Waals surface area contributed by atoms with Gasteiger partial charge in [-0.3, -0.25) is 4.68 Å². The van der Waals surface area contributed by atoms with Crippen LogP contribution in [-0.4, -0.2) is 9.78 Å². The Morgan fingerprint density at radius 3 is 2.81 bits per heavy atom. The van der Waals surface area contributed by atoms with Gasteiger partial charge in [-0.15, -0.1) is 0 Å². The van der Waals surface area contributed by atoms with Crippen LogP contribution in [0.2, 0.25) is 0 Å². The van der Waals surface area contributed by atoms with Crippen molar-refractivity contribution in [3.8, 4) is 0 Å². The largest absolute Gasteiger partial charge is 0.453 e. The molecule has 0 atom stereocenters. The third-order valence-electron chi connectivity index (χ3n) is 2.36. The van der Waals surface area contributed by atoms with E-state index in [-0.39, 0.29) is 0 Å². The van der Waals surface area contributed by atoms with Crippen LogP contribution in [0.4, 0.5) is 0 Å². The van der Waals surface area contributed by atoms with E-state index in [9.17, 15) is 0 Å². The van der Waals surface area contributed by atoms with Gasteiger partial charge >= 0.3 is 0 Å². The Bertz CT molecular complexity index is 475. The third kappa shape index (κ3) is 2.74. The number of aryl methyl sites for hydroxylation is 2. The zero-order valence-corrected chi connectivity index (χ0v) is 10.9. The molecule has 86 valence electrons. The molecule has 5 heteroatoms. The summed E-state index contributed by atoms with van der Waals surface area (Å²) in [7, 11) is 1.93. The second-order valence-electron chi connectivity index (χ2n) is 3.72. The first kappa shape index (κ1) is 11.4. The summed E-state index contributed by atoms with van der Waals surface area (Å²) in [6, 6.07) is 3.85. The molecular formula is C11H14BrN3O. The van der Waals surface area contributed by atoms with Crippen molar-refractivity contribution in [3.63, 3.8) is 0 Å². The molecule has 0 fully saturated rings. The summed E-state index contributed by atoms with van der Waals surface area (Å²) >= 11 is 3.28. The lowest BCUT2D eigenvalue weighted by Gasteiger charge is -2.00. The van der Waals surface area contributed by atoms with Crippen LogP contribution < -0.4 is 5.32 Å². The topological polar surface area (TPSA) is 43.0 Å². The molecule has 0 unspecified atom stereocenters. The smallest absolute Gasteiger partial charge is 0.169 e. The SMILES string of the molecule is Cc1nn(C)cc1CNCc1ccc(Br)o1. The Morgan fingerprint density at radius 2 is 2.25 bits per heavy atom. The molecule has 0 saturated heterocycles. The number of rotatable bonds is 4. The zero-order valence-electron chi connectivity index (χ0n) is 9.33. The van der Waals surface area contributed by atoms with Crippen molar-refractivity contribution in [2.45, 2.75) is 20.0 Å². The van der Waals surface area contributed by atoms with E-state index in [2.05, 4.69) is 26.3 Å². The van der Waals surface area contributed by atoms with Crippen molar-refractivity contribution in [1.82, 2.24) is 15.1 Å². The van der Waals surface area contributed by atoms with E-state index in [1.807, 2.05) is 37.0 Å². The fourth-order valence-corrected chi connectivity index (χ4v) is 1.93. The van der Waals surface area contributed by atoms with Gasteiger partial charge in [0.1, 0.15) is 5.76 Å². The number of hydrogen-bond donors (Lipinski definition) is 1. The lowest BCUT2D eigenvalue weighted by molar-refractivity contribution is 0.465. The minimum atomic E-state index is 0.722. The maximum Gasteiger partial charge on any atom is 0.169 e. The van der Waals surface area contributed by atoms with Crippen LogP contribution in [0.5, 0.6) is 0 Å². The van der Waals surface area contributed by atoms with E-state index in [1.54, 1.807) is 0 Å². The summed E-state index contributed by atoms with van der Waals surface area (Å²) < 4.78 is 7.99. The maximum atomic E-state index is 5.39. The molecule has 1 N–H and O–H groups in total. The number of furan rings is 1. The van der Waals surface area contributed by atoms with Crippen LogP contribution in [0, 0.1) is 6.92 Å². The van der Waals surface area contributed by atoms with Crippen molar-refractivity contribution in [1.29, 1.82) is 0 Å². The summed E-state index contributed by atoms with van der Waals surface area (Å²) in [4.78, 5) is 0. The van der Waals surface area contributed by atoms with Gasteiger partial charge in [0, 0.05) is 25.4 Å². The first-order valence-electron chi connectivity index (χ1n) is 5.09. The normalized spacial score (nSPS) is 10.9. The van der Waals surface area contributed by atoms with Crippen LogP contribution in [0.1, 0.15) is 17.0 Å². The molecule has 0 aliphatic rings. The molecule has 2 aromatic heterocycles. The monoisotopic (exact) mass is 283 g/mol. The molecule has 0 bridgehead atoms. The Hall–Kier alpha value is -1.07. The number of halogens is 1. The summed E-state index contributed by atoms with van der Waals surface area (Å²) in [6.07, 6.45) is 2.03. The first-order valence-corrected chi connectivity index (χ1v) is 5.88. The first-order chi connectivity index (χ1) is 7.65. The van der Waals surface area contributed by atoms with E-state index >= 15 is 0 Å². The van der Waals surface area contributed by atoms with E-state index in [1.165, 1.54) is 5.56 Å². The van der Waals surface area contributed by atoms with Crippen molar-refractivity contribution >= 4 is 15.9 Å². The molecule has 0 aromatic carbocycles. The van der Waals surface area contributed by atoms with Crippen LogP contribution in [0.15, 0.2) is 27.4 Å². The Balaban J connectivity index is 1.86. The van der Waals surface area contributed by atoms with Gasteiger partial charge in [-0.2, -0.15) is 5.10 Å². The highest BCUT2D eigenvalue weighted by atomic mass is 79.9. The molecule has 2 rings (SSSR count). The molecule has 0 radical (unpaired) electrons. The van der Waals surface area contributed by atoms with Crippen molar-refractivity contribution < 1.29 is 4.42 Å². The molecule has 0 aliphatic carbocycles. The molecule has 16 heavy (non-hydrogen) atoms. The van der Waals surface area contributed by atoms with E-state index in [4.69, 9.17) is 4.42 Å². The molecule has 0 saturated carbocycles. The summed E-state index contributed by atoms with van der Waals surface area (Å²) in [5.41, 5.74) is 2.28. The fourth-order valence-electron chi connectivity index (χ4n) is 1.59. The highest BCUT2D eigenvalue weighted by Gasteiger charge is 2.03. The Labute approximate surface area is 103 Å². The van der Waals surface area contributed by atoms with Crippen molar-refractivity contribution in [2.75, 3.05) is 0 Å². The summed E-state index contributed by atoms with van der Waals surface area (Å²) in [5.74, 6) is 0.924. The van der Waals surface area contributed by atoms with Gasteiger partial charge in [0.2, 0.25) is 0 Å². The average Bonchev–Trinajstić information content (AvgIpc) is 2.74. The second-order valence-corrected chi connectivity index (χ2v) is 4.50. The summed E-state index contributed by atoms with van der Waals surface area (Å²) in [5, 5.41) is 7.60. The summed E-state index contributed by atoms with van der Waals surface area (Å²) in [6.45, 7) is 3.54. The average molecular weight is 284 g/mol. The number of hydrogen-bond acceptors (Lipinski definition) is 3. The number of aromatic nitrogens is 2. The molecular weight excluding hydrogens is 270 g/mol. The zero-order chi connectivity index (χ0) is 11.5. The minimum Gasteiger partial charge on any atom is -0.453 e. The van der Waals surface area contributed by atoms with E-state index in [0.29, 0.717) is 0 Å². The molecule has 0 amide bonds. The van der Waals surface area contributed by atoms with Gasteiger partial charge in [-0.05, 0) is 35.0 Å². The predicted octanol–water partition coefficient (Wildman–Crippen LogP) is 2.37. The van der Waals surface area contributed by atoms with E-state index in [0.717, 1.165) is 29.2 Å². The van der Waals surface area contributed by atoms with Gasteiger partial charge in [0.15, 0.2) is 4.67 Å². The standard InChI is InChI=1S/C11H14BrN3O/c1-8-9(7-15(2)14-8)5-13-6-10-3-4-11(12)16-10/h3-4,7,13H,5-6H2,1-2H3. The van der Waals surface area contributed by atoms with Crippen molar-refractivity contribution in [3.05, 3.63) is 40.0 Å². The quantitative estimate of drug-likeness (QED) is 0.937. The number of nitrogens with one attached hydrogen (secondary N) is 1. The Morgan fingerprint density at radius 1 is 1.44 bits per heavy atom. The van der Waals surface area contributed by atoms with Gasteiger partial charge in [0.25, 0.3) is 0 Å². The van der Waals surface area contributed by atoms with Crippen molar-refractivity contribution in [2.24, 2.45) is 7.05 Å². The second kappa shape index (κ2) is 4.84. The number of nitrogens with zero attached hydrogens (tertiary/aromatic N) is 2. The highest BCUT2D eigenvalue weighted by Crippen LogP contribution is 2.13. The third-order valence-corrected chi connectivity index (χ3v) is 2.78. The van der Waals surface area contributed by atoms with Crippen LogP contribution in [0.25, 0.3) is 0 Å². The predicted molar refractivity (Wildman–Crippen MR) is 64.9 cm³/mol. The van der Waals surface area contributed by atoms with Gasteiger partial charge < -0.3 is 9.73 Å². The fraction of sp³-hybridized carbons (Fsp3) is 0.364. The van der Waals surface area contributed by atoms with Gasteiger partial charge in [-0.1, -0.05) is 0 Å². The molecule has 0 spiro atoms. The van der Waals surface area contributed by atoms with Gasteiger partial charge in [0.05, 0.1) is 12.2 Å². The molecule has 4 nitrogen and oxygen atoms in total. The van der Waals surface area contributed by atoms with E-state index < -0.39 is 0 Å². The van der Waals surface area contributed by atoms with Gasteiger partial charge in [-0.25, -0.2) is 0 Å². The highest BCUT2D eigenvalue weighted by molar-refractivity contribution is 9.10. The minimum absolute atomic E-state index is 0.722.